The molecule has 3 rings (SSSR count). The van der Waals surface area contributed by atoms with E-state index in [-0.39, 0.29) is 10.6 Å². The number of carbonyl (C=O) groups is 1. The molecule has 7 heteroatoms. The number of rotatable bonds is 4. The lowest BCUT2D eigenvalue weighted by Gasteiger charge is -2.13. The van der Waals surface area contributed by atoms with Gasteiger partial charge < -0.3 is 9.30 Å². The smallest absolute Gasteiger partial charge is 0.360 e. The highest BCUT2D eigenvalue weighted by Gasteiger charge is 2.30. The zero-order valence-corrected chi connectivity index (χ0v) is 16.4. The van der Waals surface area contributed by atoms with Crippen LogP contribution in [0.4, 0.5) is 0 Å². The number of benzene rings is 1. The van der Waals surface area contributed by atoms with Gasteiger partial charge in [-0.05, 0) is 62.4 Å². The zero-order chi connectivity index (χ0) is 19.1. The van der Waals surface area contributed by atoms with E-state index in [0.717, 1.165) is 29.5 Å². The van der Waals surface area contributed by atoms with E-state index in [9.17, 15) is 13.2 Å². The topological polar surface area (TPSA) is 68.6 Å². The zero-order valence-electron chi connectivity index (χ0n) is 15.6. The highest BCUT2D eigenvalue weighted by molar-refractivity contribution is 7.89. The number of hydrogen-bond acceptors (Lipinski definition) is 4. The van der Waals surface area contributed by atoms with E-state index in [1.807, 2.05) is 32.9 Å². The minimum absolute atomic E-state index is 0.131. The van der Waals surface area contributed by atoms with Crippen molar-refractivity contribution in [3.63, 3.8) is 0 Å². The Kier molecular flexibility index (Phi) is 4.94. The van der Waals surface area contributed by atoms with Crippen LogP contribution in [0.3, 0.4) is 0 Å². The second kappa shape index (κ2) is 6.89. The molecule has 0 N–H and O–H groups in total. The Morgan fingerprint density at radius 3 is 2.38 bits per heavy atom. The number of hydrogen-bond donors (Lipinski definition) is 0. The number of aryl methyl sites for hydroxylation is 3. The van der Waals surface area contributed by atoms with Gasteiger partial charge in [-0.3, -0.25) is 0 Å². The van der Waals surface area contributed by atoms with Gasteiger partial charge in [0.1, 0.15) is 16.3 Å². The Hall–Kier alpha value is -2.12. The third kappa shape index (κ3) is 3.41. The highest BCUT2D eigenvalue weighted by atomic mass is 32.2. The molecule has 2 aromatic rings. The molecule has 1 aromatic carbocycles. The molecule has 1 fully saturated rings. The summed E-state index contributed by atoms with van der Waals surface area (Å²) in [5.41, 5.74) is 3.14. The van der Waals surface area contributed by atoms with Gasteiger partial charge in [-0.15, -0.1) is 0 Å². The maximum atomic E-state index is 12.7. The van der Waals surface area contributed by atoms with Gasteiger partial charge in [0.05, 0.1) is 0 Å². The van der Waals surface area contributed by atoms with Gasteiger partial charge in [0.2, 0.25) is 10.0 Å². The molecule has 0 radical (unpaired) electrons. The van der Waals surface area contributed by atoms with Crippen molar-refractivity contribution in [3.8, 4) is 5.75 Å². The first-order valence-corrected chi connectivity index (χ1v) is 10.1. The first-order valence-electron chi connectivity index (χ1n) is 8.66. The normalized spacial score (nSPS) is 15.4. The summed E-state index contributed by atoms with van der Waals surface area (Å²) >= 11 is 0. The van der Waals surface area contributed by atoms with Crippen LogP contribution in [0.2, 0.25) is 0 Å². The number of sulfonamides is 1. The van der Waals surface area contributed by atoms with E-state index in [4.69, 9.17) is 4.74 Å². The predicted octanol–water partition coefficient (Wildman–Crippen LogP) is 2.95. The molecule has 0 saturated carbocycles. The Bertz CT molecular complexity index is 954. The first kappa shape index (κ1) is 18.7. The Labute approximate surface area is 154 Å². The average molecular weight is 376 g/mol. The summed E-state index contributed by atoms with van der Waals surface area (Å²) in [6, 6.07) is 5.23. The van der Waals surface area contributed by atoms with Crippen LogP contribution in [-0.4, -0.2) is 36.3 Å². The van der Waals surface area contributed by atoms with E-state index < -0.39 is 16.0 Å². The lowest BCUT2D eigenvalue weighted by molar-refractivity contribution is 0.0723. The number of ether oxygens (including phenoxy) is 1. The molecule has 26 heavy (non-hydrogen) atoms. The van der Waals surface area contributed by atoms with Gasteiger partial charge >= 0.3 is 5.97 Å². The Balaban J connectivity index is 1.89. The summed E-state index contributed by atoms with van der Waals surface area (Å²) in [6.07, 6.45) is 3.21. The fourth-order valence-corrected chi connectivity index (χ4v) is 4.80. The van der Waals surface area contributed by atoms with E-state index >= 15 is 0 Å². The fourth-order valence-electron chi connectivity index (χ4n) is 3.21. The van der Waals surface area contributed by atoms with Gasteiger partial charge in [0.15, 0.2) is 0 Å². The van der Waals surface area contributed by atoms with Crippen molar-refractivity contribution in [2.45, 2.75) is 38.5 Å². The molecule has 1 saturated heterocycles. The van der Waals surface area contributed by atoms with Crippen molar-refractivity contribution in [2.24, 2.45) is 7.05 Å². The van der Waals surface area contributed by atoms with Crippen LogP contribution in [0.1, 0.15) is 40.0 Å². The quantitative estimate of drug-likeness (QED) is 0.608. The van der Waals surface area contributed by atoms with Gasteiger partial charge in [-0.25, -0.2) is 13.2 Å². The molecule has 0 spiro atoms. The molecule has 0 amide bonds. The largest absolute Gasteiger partial charge is 0.422 e. The van der Waals surface area contributed by atoms with Crippen LogP contribution < -0.4 is 4.74 Å². The van der Waals surface area contributed by atoms with Crippen LogP contribution in [0.15, 0.2) is 29.3 Å². The Morgan fingerprint density at radius 1 is 1.08 bits per heavy atom. The molecule has 1 aromatic heterocycles. The molecule has 0 bridgehead atoms. The summed E-state index contributed by atoms with van der Waals surface area (Å²) < 4.78 is 33.9. The number of nitrogens with zero attached hydrogens (tertiary/aromatic N) is 2. The first-order chi connectivity index (χ1) is 12.2. The van der Waals surface area contributed by atoms with E-state index in [2.05, 4.69) is 0 Å². The standard InChI is InChI=1S/C19H24N2O4S/c1-13-9-14(2)15(3)18(10-13)25-19(22)17-11-16(12-20(17)4)26(23,24)21-7-5-6-8-21/h9-12H,5-8H2,1-4H3. The van der Waals surface area contributed by atoms with Crippen molar-refractivity contribution in [2.75, 3.05) is 13.1 Å². The second-order valence-electron chi connectivity index (χ2n) is 6.88. The maximum absolute atomic E-state index is 12.7. The van der Waals surface area contributed by atoms with Crippen molar-refractivity contribution < 1.29 is 17.9 Å². The molecule has 6 nitrogen and oxygen atoms in total. The molecule has 2 heterocycles. The fraction of sp³-hybridized carbons (Fsp3) is 0.421. The van der Waals surface area contributed by atoms with Gasteiger partial charge in [-0.1, -0.05) is 6.07 Å². The van der Waals surface area contributed by atoms with E-state index in [1.165, 1.54) is 21.1 Å². The third-order valence-corrected chi connectivity index (χ3v) is 6.72. The third-order valence-electron chi connectivity index (χ3n) is 4.86. The van der Waals surface area contributed by atoms with Crippen molar-refractivity contribution in [1.29, 1.82) is 0 Å². The summed E-state index contributed by atoms with van der Waals surface area (Å²) in [5.74, 6) is -0.0684. The Morgan fingerprint density at radius 2 is 1.73 bits per heavy atom. The summed E-state index contributed by atoms with van der Waals surface area (Å²) in [6.45, 7) is 6.85. The van der Waals surface area contributed by atoms with Gasteiger partial charge in [0.25, 0.3) is 0 Å². The molecular weight excluding hydrogens is 352 g/mol. The van der Waals surface area contributed by atoms with Crippen LogP contribution in [0.5, 0.6) is 5.75 Å². The molecule has 1 aliphatic rings. The minimum atomic E-state index is -3.56. The lowest BCUT2D eigenvalue weighted by Crippen LogP contribution is -2.27. The van der Waals surface area contributed by atoms with Crippen molar-refractivity contribution >= 4 is 16.0 Å². The number of aromatic nitrogens is 1. The van der Waals surface area contributed by atoms with Crippen LogP contribution >= 0.6 is 0 Å². The molecule has 140 valence electrons. The monoisotopic (exact) mass is 376 g/mol. The second-order valence-corrected chi connectivity index (χ2v) is 8.82. The maximum Gasteiger partial charge on any atom is 0.360 e. The van der Waals surface area contributed by atoms with Crippen LogP contribution in [0, 0.1) is 20.8 Å². The number of carbonyl (C=O) groups excluding carboxylic acids is 1. The van der Waals surface area contributed by atoms with Crippen LogP contribution in [0.25, 0.3) is 0 Å². The minimum Gasteiger partial charge on any atom is -0.422 e. The highest BCUT2D eigenvalue weighted by Crippen LogP contribution is 2.26. The van der Waals surface area contributed by atoms with Gasteiger partial charge in [0, 0.05) is 26.3 Å². The van der Waals surface area contributed by atoms with Crippen LogP contribution in [-0.2, 0) is 17.1 Å². The molecule has 0 atom stereocenters. The van der Waals surface area contributed by atoms with E-state index in [1.54, 1.807) is 7.05 Å². The molecular formula is C19H24N2O4S. The average Bonchev–Trinajstić information content (AvgIpc) is 3.22. The summed E-state index contributed by atoms with van der Waals surface area (Å²) in [5, 5.41) is 0. The lowest BCUT2D eigenvalue weighted by atomic mass is 10.1. The molecule has 0 aliphatic carbocycles. The summed E-state index contributed by atoms with van der Waals surface area (Å²) in [7, 11) is -1.92. The molecule has 0 unspecified atom stereocenters. The van der Waals surface area contributed by atoms with Gasteiger partial charge in [-0.2, -0.15) is 4.31 Å². The number of esters is 1. The SMILES string of the molecule is Cc1cc(C)c(C)c(OC(=O)c2cc(S(=O)(=O)N3CCCC3)cn2C)c1. The summed E-state index contributed by atoms with van der Waals surface area (Å²) in [4.78, 5) is 12.8. The van der Waals surface area contributed by atoms with Crippen molar-refractivity contribution in [1.82, 2.24) is 8.87 Å². The predicted molar refractivity (Wildman–Crippen MR) is 99.0 cm³/mol. The van der Waals surface area contributed by atoms with Crippen molar-refractivity contribution in [3.05, 3.63) is 46.8 Å². The molecule has 1 aliphatic heterocycles. The van der Waals surface area contributed by atoms with E-state index in [0.29, 0.717) is 18.8 Å².